The Labute approximate surface area is 364 Å². The Morgan fingerprint density at radius 2 is 0.900 bits per heavy atom. The van der Waals surface area contributed by atoms with Crippen molar-refractivity contribution in [3.63, 3.8) is 0 Å². The fraction of sp³-hybridized carbons (Fsp3) is 0. The minimum atomic E-state index is -0.543. The zero-order valence-corrected chi connectivity index (χ0v) is 32.2. The van der Waals surface area contributed by atoms with Crippen LogP contribution in [0.15, 0.2) is 242 Å². The van der Waals surface area contributed by atoms with E-state index < -0.39 is 60.4 Å². The van der Waals surface area contributed by atoms with E-state index >= 15 is 0 Å². The second-order valence-electron chi connectivity index (χ2n) is 14.6. The van der Waals surface area contributed by atoms with Crippen molar-refractivity contribution in [2.45, 2.75) is 0 Å². The highest BCUT2D eigenvalue weighted by molar-refractivity contribution is 6.10. The Balaban J connectivity index is 1.04. The van der Waals surface area contributed by atoms with Gasteiger partial charge in [-0.25, -0.2) is 0 Å². The molecule has 0 aliphatic rings. The van der Waals surface area contributed by atoms with Gasteiger partial charge in [0, 0.05) is 33.5 Å². The van der Waals surface area contributed by atoms with E-state index in [0.29, 0.717) is 11.4 Å². The van der Waals surface area contributed by atoms with Gasteiger partial charge in [0.2, 0.25) is 0 Å². The molecule has 2 nitrogen and oxygen atoms in total. The van der Waals surface area contributed by atoms with Crippen molar-refractivity contribution >= 4 is 49.6 Å². The SMILES string of the molecule is [2H]c1c([2H])c([2H])c(-c2cc(-c3c([2H])c([2H])c([2H])c([2H])c3[2H])cc(N(c3ccccc3)c3ccc(-c4ccc5c6ccccc6n(-c6ccc(-c7cccc8ccccc78)cc6)c5c4)cc3)c2)c([2H])c1[2H]. The minimum absolute atomic E-state index is 0.0848. The summed E-state index contributed by atoms with van der Waals surface area (Å²) in [6.07, 6.45) is 0. The van der Waals surface area contributed by atoms with Crippen LogP contribution in [0.4, 0.5) is 17.1 Å². The third-order valence-electron chi connectivity index (χ3n) is 11.1. The van der Waals surface area contributed by atoms with Gasteiger partial charge >= 0.3 is 0 Å². The Morgan fingerprint density at radius 3 is 1.62 bits per heavy atom. The molecule has 0 unspecified atom stereocenters. The molecule has 11 rings (SSSR count). The van der Waals surface area contributed by atoms with Gasteiger partial charge in [-0.15, -0.1) is 0 Å². The van der Waals surface area contributed by atoms with Crippen LogP contribution >= 0.6 is 0 Å². The van der Waals surface area contributed by atoms with Crippen molar-refractivity contribution in [3.8, 4) is 50.2 Å². The summed E-state index contributed by atoms with van der Waals surface area (Å²) in [6, 6.07) is 56.1. The summed E-state index contributed by atoms with van der Waals surface area (Å²) in [5.74, 6) is 0. The lowest BCUT2D eigenvalue weighted by Crippen LogP contribution is -2.10. The third kappa shape index (κ3) is 6.41. The summed E-state index contributed by atoms with van der Waals surface area (Å²) in [7, 11) is 0. The Morgan fingerprint density at radius 1 is 0.333 bits per heavy atom. The molecule has 0 N–H and O–H groups in total. The molecular formula is C58H40N2. The van der Waals surface area contributed by atoms with Gasteiger partial charge in [-0.05, 0) is 122 Å². The monoisotopic (exact) mass is 774 g/mol. The molecule has 0 saturated carbocycles. The molecule has 0 fully saturated rings. The number of hydrogen-bond donors (Lipinski definition) is 0. The zero-order chi connectivity index (χ0) is 48.5. The van der Waals surface area contributed by atoms with Gasteiger partial charge in [0.15, 0.2) is 0 Å². The fourth-order valence-corrected chi connectivity index (χ4v) is 8.34. The molecule has 0 aliphatic carbocycles. The van der Waals surface area contributed by atoms with E-state index in [0.717, 1.165) is 49.9 Å². The summed E-state index contributed by atoms with van der Waals surface area (Å²) in [6.45, 7) is 0. The van der Waals surface area contributed by atoms with Crippen LogP contribution in [-0.2, 0) is 0 Å². The van der Waals surface area contributed by atoms with Crippen LogP contribution in [0.1, 0.15) is 13.7 Å². The predicted octanol–water partition coefficient (Wildman–Crippen LogP) is 16.1. The maximum absolute atomic E-state index is 8.90. The van der Waals surface area contributed by atoms with Crippen molar-refractivity contribution in [1.82, 2.24) is 4.57 Å². The molecule has 0 aliphatic heterocycles. The van der Waals surface area contributed by atoms with Gasteiger partial charge in [0.05, 0.1) is 24.7 Å². The molecule has 11 aromatic rings. The maximum atomic E-state index is 8.90. The second-order valence-corrected chi connectivity index (χ2v) is 14.6. The number of aromatic nitrogens is 1. The molecule has 0 spiro atoms. The molecule has 0 bridgehead atoms. The summed E-state index contributed by atoms with van der Waals surface area (Å²) >= 11 is 0. The quantitative estimate of drug-likeness (QED) is 0.149. The van der Waals surface area contributed by atoms with E-state index in [1.165, 1.54) is 22.4 Å². The fourth-order valence-electron chi connectivity index (χ4n) is 8.34. The first-order valence-electron chi connectivity index (χ1n) is 24.8. The van der Waals surface area contributed by atoms with Gasteiger partial charge in [-0.2, -0.15) is 0 Å². The van der Waals surface area contributed by atoms with Crippen LogP contribution < -0.4 is 4.90 Å². The van der Waals surface area contributed by atoms with Crippen LogP contribution in [-0.4, -0.2) is 4.57 Å². The molecule has 0 saturated heterocycles. The smallest absolute Gasteiger partial charge is 0.0629 e. The van der Waals surface area contributed by atoms with Crippen LogP contribution in [0.25, 0.3) is 82.8 Å². The maximum Gasteiger partial charge on any atom is 0.0629 e. The summed E-state index contributed by atoms with van der Waals surface area (Å²) in [4.78, 5) is 1.93. The minimum Gasteiger partial charge on any atom is -0.310 e. The van der Waals surface area contributed by atoms with Crippen molar-refractivity contribution in [2.75, 3.05) is 4.90 Å². The number of rotatable bonds is 8. The lowest BCUT2D eigenvalue weighted by Gasteiger charge is -2.27. The highest BCUT2D eigenvalue weighted by Gasteiger charge is 2.18. The third-order valence-corrected chi connectivity index (χ3v) is 11.1. The van der Waals surface area contributed by atoms with E-state index in [1.54, 1.807) is 12.1 Å². The first-order chi connectivity index (χ1) is 33.9. The number of fused-ring (bicyclic) bond motifs is 4. The topological polar surface area (TPSA) is 8.17 Å². The van der Waals surface area contributed by atoms with Crippen molar-refractivity contribution in [1.29, 1.82) is 0 Å². The summed E-state index contributed by atoms with van der Waals surface area (Å²) in [5, 5.41) is 4.67. The first-order valence-corrected chi connectivity index (χ1v) is 19.8. The lowest BCUT2D eigenvalue weighted by molar-refractivity contribution is 1.18. The van der Waals surface area contributed by atoms with E-state index in [2.05, 4.69) is 114 Å². The summed E-state index contributed by atoms with van der Waals surface area (Å²) in [5.41, 5.74) is 9.59. The van der Waals surface area contributed by atoms with Gasteiger partial charge in [0.1, 0.15) is 0 Å². The highest BCUT2D eigenvalue weighted by Crippen LogP contribution is 2.41. The molecule has 0 amide bonds. The van der Waals surface area contributed by atoms with Crippen LogP contribution in [0.5, 0.6) is 0 Å². The van der Waals surface area contributed by atoms with E-state index in [9.17, 15) is 0 Å². The molecule has 2 heteroatoms. The standard InChI is InChI=1S/C58H40N2/c1-4-15-41(16-5-1)47-37-48(42-17-6-2-7-18-42)39-52(38-47)59(49-21-8-3-9-22-49)50-32-27-43(28-33-50)46-31-36-56-55-24-12-13-26-57(55)60(58(56)40-46)51-34-29-45(30-35-51)54-25-14-20-44-19-10-11-23-53(44)54/h1-40H/i1D,2D,4D,5D,6D,7D,15D,16D,17D,18D. The predicted molar refractivity (Wildman–Crippen MR) is 255 cm³/mol. The van der Waals surface area contributed by atoms with Crippen LogP contribution in [0, 0.1) is 0 Å². The molecule has 10 aromatic carbocycles. The van der Waals surface area contributed by atoms with Gasteiger partial charge < -0.3 is 9.47 Å². The van der Waals surface area contributed by atoms with E-state index in [1.807, 2.05) is 59.5 Å². The van der Waals surface area contributed by atoms with Gasteiger partial charge in [-0.1, -0.05) is 176 Å². The Kier molecular flexibility index (Phi) is 6.58. The molecule has 282 valence electrons. The average Bonchev–Trinajstić information content (AvgIpc) is 3.73. The molecular weight excluding hydrogens is 725 g/mol. The normalized spacial score (nSPS) is 13.7. The van der Waals surface area contributed by atoms with Crippen molar-refractivity contribution in [2.24, 2.45) is 0 Å². The number of anilines is 3. The number of hydrogen-bond acceptors (Lipinski definition) is 1. The van der Waals surface area contributed by atoms with Gasteiger partial charge in [-0.3, -0.25) is 0 Å². The lowest BCUT2D eigenvalue weighted by atomic mass is 9.97. The summed E-state index contributed by atoms with van der Waals surface area (Å²) < 4.78 is 88.4. The number of para-hydroxylation sites is 2. The molecule has 0 radical (unpaired) electrons. The largest absolute Gasteiger partial charge is 0.310 e. The molecule has 0 atom stereocenters. The highest BCUT2D eigenvalue weighted by atomic mass is 15.1. The molecule has 60 heavy (non-hydrogen) atoms. The van der Waals surface area contributed by atoms with Crippen LogP contribution in [0.3, 0.4) is 0 Å². The van der Waals surface area contributed by atoms with E-state index in [4.69, 9.17) is 13.7 Å². The second kappa shape index (κ2) is 15.1. The molecule has 1 aromatic heterocycles. The van der Waals surface area contributed by atoms with Crippen molar-refractivity contribution in [3.05, 3.63) is 242 Å². The Bertz CT molecular complexity index is 3740. The Hall–Kier alpha value is -7.94. The van der Waals surface area contributed by atoms with Gasteiger partial charge in [0.25, 0.3) is 0 Å². The number of nitrogens with zero attached hydrogens (tertiary/aromatic N) is 2. The first kappa shape index (κ1) is 26.1. The van der Waals surface area contributed by atoms with E-state index in [-0.39, 0.29) is 22.3 Å². The average molecular weight is 775 g/mol. The number of benzene rings is 10. The van der Waals surface area contributed by atoms with Crippen molar-refractivity contribution < 1.29 is 13.7 Å². The zero-order valence-electron chi connectivity index (χ0n) is 42.2. The van der Waals surface area contributed by atoms with Crippen LogP contribution in [0.2, 0.25) is 0 Å². The molecule has 1 heterocycles.